The minimum atomic E-state index is -1.03. The van der Waals surface area contributed by atoms with Gasteiger partial charge in [0.15, 0.2) is 0 Å². The lowest BCUT2D eigenvalue weighted by Gasteiger charge is -2.26. The van der Waals surface area contributed by atoms with Crippen molar-refractivity contribution >= 4 is 11.9 Å². The Hall–Kier alpha value is -2.03. The lowest BCUT2D eigenvalue weighted by Crippen LogP contribution is -2.37. The van der Waals surface area contributed by atoms with E-state index in [1.54, 1.807) is 4.90 Å². The van der Waals surface area contributed by atoms with Crippen LogP contribution in [0.15, 0.2) is 11.8 Å². The second-order valence-corrected chi connectivity index (χ2v) is 4.25. The number of rotatable bonds is 4. The lowest BCUT2D eigenvalue weighted by molar-refractivity contribution is -0.138. The summed E-state index contributed by atoms with van der Waals surface area (Å²) in [4.78, 5) is 24.2. The van der Waals surface area contributed by atoms with Crippen LogP contribution in [0, 0.1) is 11.3 Å². The zero-order valence-electron chi connectivity index (χ0n) is 10.3. The number of carbonyl (C=O) groups is 2. The molecule has 18 heavy (non-hydrogen) atoms. The molecule has 0 bridgehead atoms. The maximum atomic E-state index is 12.0. The van der Waals surface area contributed by atoms with E-state index in [9.17, 15) is 9.59 Å². The van der Waals surface area contributed by atoms with Crippen molar-refractivity contribution in [1.29, 1.82) is 5.26 Å². The van der Waals surface area contributed by atoms with Gasteiger partial charge in [0.1, 0.15) is 17.7 Å². The number of carboxylic acid groups (broad SMARTS) is 1. The van der Waals surface area contributed by atoms with E-state index in [0.29, 0.717) is 13.1 Å². The first-order valence-electron chi connectivity index (χ1n) is 5.94. The highest BCUT2D eigenvalue weighted by Gasteiger charge is 2.20. The molecule has 0 radical (unpaired) electrons. The normalized spacial score (nSPS) is 17.8. The Bertz CT molecular complexity index is 392. The Kier molecular flexibility index (Phi) is 5.18. The van der Waals surface area contributed by atoms with E-state index in [-0.39, 0.29) is 11.5 Å². The van der Waals surface area contributed by atoms with Gasteiger partial charge in [-0.1, -0.05) is 0 Å². The molecule has 6 heteroatoms. The third-order valence-corrected chi connectivity index (χ3v) is 2.84. The molecule has 1 atom stereocenters. The first kappa shape index (κ1) is 14.0. The number of likely N-dealkylation sites (tertiary alicyclic amines) is 1. The average molecular weight is 251 g/mol. The van der Waals surface area contributed by atoms with Crippen LogP contribution in [0.1, 0.15) is 26.2 Å². The summed E-state index contributed by atoms with van der Waals surface area (Å²) in [5.74, 6) is -1.36. The molecule has 0 aliphatic carbocycles. The summed E-state index contributed by atoms with van der Waals surface area (Å²) in [6, 6.07) is 0.977. The van der Waals surface area contributed by atoms with Crippen LogP contribution in [-0.4, -0.2) is 41.0 Å². The molecule has 0 aromatic heterocycles. The minimum absolute atomic E-state index is 0.0509. The van der Waals surface area contributed by atoms with Crippen molar-refractivity contribution in [1.82, 2.24) is 10.2 Å². The fourth-order valence-corrected chi connectivity index (χ4v) is 1.69. The fourth-order valence-electron chi connectivity index (χ4n) is 1.69. The zero-order valence-corrected chi connectivity index (χ0v) is 10.3. The van der Waals surface area contributed by atoms with Crippen molar-refractivity contribution in [3.8, 4) is 6.07 Å². The van der Waals surface area contributed by atoms with Crippen LogP contribution in [0.3, 0.4) is 0 Å². The number of amides is 1. The van der Waals surface area contributed by atoms with E-state index in [0.717, 1.165) is 19.3 Å². The Morgan fingerprint density at radius 3 is 2.50 bits per heavy atom. The predicted molar refractivity (Wildman–Crippen MR) is 64.4 cm³/mol. The quantitative estimate of drug-likeness (QED) is 0.559. The molecule has 0 aromatic rings. The van der Waals surface area contributed by atoms with Crippen LogP contribution in [0.2, 0.25) is 0 Å². The first-order valence-corrected chi connectivity index (χ1v) is 5.94. The van der Waals surface area contributed by atoms with E-state index in [4.69, 9.17) is 10.4 Å². The van der Waals surface area contributed by atoms with E-state index in [1.165, 1.54) is 13.1 Å². The van der Waals surface area contributed by atoms with Gasteiger partial charge in [-0.25, -0.2) is 0 Å². The van der Waals surface area contributed by atoms with Gasteiger partial charge in [0.2, 0.25) is 0 Å². The van der Waals surface area contributed by atoms with Crippen molar-refractivity contribution in [2.24, 2.45) is 0 Å². The van der Waals surface area contributed by atoms with Crippen molar-refractivity contribution in [3.63, 3.8) is 0 Å². The number of nitrogens with zero attached hydrogens (tertiary/aromatic N) is 2. The molecule has 6 nitrogen and oxygen atoms in total. The van der Waals surface area contributed by atoms with Crippen LogP contribution < -0.4 is 5.32 Å². The molecule has 0 spiro atoms. The van der Waals surface area contributed by atoms with Crippen molar-refractivity contribution in [3.05, 3.63) is 11.8 Å². The van der Waals surface area contributed by atoms with Gasteiger partial charge in [0.05, 0.1) is 0 Å². The molecule has 1 saturated heterocycles. The molecule has 1 heterocycles. The van der Waals surface area contributed by atoms with E-state index < -0.39 is 12.0 Å². The topological polar surface area (TPSA) is 93.4 Å². The molecule has 1 aliphatic heterocycles. The summed E-state index contributed by atoms with van der Waals surface area (Å²) < 4.78 is 0. The number of aliphatic carboxylic acids is 1. The van der Waals surface area contributed by atoms with Crippen LogP contribution in [0.4, 0.5) is 0 Å². The summed E-state index contributed by atoms with van der Waals surface area (Å²) in [6.07, 6.45) is 4.19. The smallest absolute Gasteiger partial charge is 0.325 e. The van der Waals surface area contributed by atoms with Gasteiger partial charge >= 0.3 is 5.97 Å². The molecule has 0 aromatic carbocycles. The highest BCUT2D eigenvalue weighted by molar-refractivity contribution is 5.97. The monoisotopic (exact) mass is 251 g/mol. The first-order chi connectivity index (χ1) is 8.56. The van der Waals surface area contributed by atoms with Crippen LogP contribution >= 0.6 is 0 Å². The van der Waals surface area contributed by atoms with Crippen LogP contribution in [0.25, 0.3) is 0 Å². The molecule has 1 amide bonds. The molecule has 98 valence electrons. The molecular weight excluding hydrogens is 234 g/mol. The fraction of sp³-hybridized carbons (Fsp3) is 0.583. The third-order valence-electron chi connectivity index (χ3n) is 2.84. The Morgan fingerprint density at radius 2 is 2.00 bits per heavy atom. The maximum Gasteiger partial charge on any atom is 0.325 e. The Morgan fingerprint density at radius 1 is 1.39 bits per heavy atom. The number of hydrogen-bond acceptors (Lipinski definition) is 4. The number of hydrogen-bond donors (Lipinski definition) is 2. The highest BCUT2D eigenvalue weighted by atomic mass is 16.4. The maximum absolute atomic E-state index is 12.0. The van der Waals surface area contributed by atoms with Crippen molar-refractivity contribution < 1.29 is 14.7 Å². The molecule has 1 rings (SSSR count). The second kappa shape index (κ2) is 6.64. The molecule has 1 fully saturated rings. The van der Waals surface area contributed by atoms with E-state index in [1.807, 2.05) is 6.07 Å². The zero-order chi connectivity index (χ0) is 13.5. The summed E-state index contributed by atoms with van der Waals surface area (Å²) in [5, 5.41) is 20.1. The highest BCUT2D eigenvalue weighted by Crippen LogP contribution is 2.11. The van der Waals surface area contributed by atoms with Gasteiger partial charge in [-0.05, 0) is 26.2 Å². The van der Waals surface area contributed by atoms with Gasteiger partial charge < -0.3 is 15.3 Å². The number of nitriles is 1. The minimum Gasteiger partial charge on any atom is -0.480 e. The van der Waals surface area contributed by atoms with E-state index >= 15 is 0 Å². The molecular formula is C12H17N3O3. The van der Waals surface area contributed by atoms with Gasteiger partial charge in [-0.2, -0.15) is 5.26 Å². The largest absolute Gasteiger partial charge is 0.480 e. The molecule has 0 saturated carbocycles. The van der Waals surface area contributed by atoms with Crippen LogP contribution in [-0.2, 0) is 9.59 Å². The third kappa shape index (κ3) is 3.77. The predicted octanol–water partition coefficient (Wildman–Crippen LogP) is 0.469. The SMILES string of the molecule is CC(N/C=C(/C#N)C(=O)N1CCCCC1)C(=O)O. The van der Waals surface area contributed by atoms with Crippen LogP contribution in [0.5, 0.6) is 0 Å². The van der Waals surface area contributed by atoms with Crippen molar-refractivity contribution in [2.75, 3.05) is 13.1 Å². The summed E-state index contributed by atoms with van der Waals surface area (Å²) >= 11 is 0. The molecule has 2 N–H and O–H groups in total. The summed E-state index contributed by atoms with van der Waals surface area (Å²) in [6.45, 7) is 2.76. The van der Waals surface area contributed by atoms with Gasteiger partial charge in [0, 0.05) is 19.3 Å². The van der Waals surface area contributed by atoms with Gasteiger partial charge in [-0.15, -0.1) is 0 Å². The number of carbonyl (C=O) groups excluding carboxylic acids is 1. The van der Waals surface area contributed by atoms with Crippen molar-refractivity contribution in [2.45, 2.75) is 32.2 Å². The molecule has 1 unspecified atom stereocenters. The number of carboxylic acids is 1. The lowest BCUT2D eigenvalue weighted by atomic mass is 10.1. The Balaban J connectivity index is 2.64. The van der Waals surface area contributed by atoms with Gasteiger partial charge in [0.25, 0.3) is 5.91 Å². The van der Waals surface area contributed by atoms with E-state index in [2.05, 4.69) is 5.32 Å². The Labute approximate surface area is 106 Å². The number of nitrogens with one attached hydrogen (secondary N) is 1. The number of piperidine rings is 1. The molecule has 1 aliphatic rings. The average Bonchev–Trinajstić information content (AvgIpc) is 2.39. The summed E-state index contributed by atoms with van der Waals surface area (Å²) in [5.41, 5.74) is -0.0509. The van der Waals surface area contributed by atoms with Gasteiger partial charge in [-0.3, -0.25) is 9.59 Å². The summed E-state index contributed by atoms with van der Waals surface area (Å²) in [7, 11) is 0. The second-order valence-electron chi connectivity index (χ2n) is 4.25. The standard InChI is InChI=1S/C12H17N3O3/c1-9(12(17)18)14-8-10(7-13)11(16)15-5-3-2-4-6-15/h8-9,14H,2-6H2,1H3,(H,17,18)/b10-8-.